The van der Waals surface area contributed by atoms with Crippen LogP contribution >= 0.6 is 11.8 Å². The van der Waals surface area contributed by atoms with E-state index < -0.39 is 0 Å². The summed E-state index contributed by atoms with van der Waals surface area (Å²) < 4.78 is 0. The lowest BCUT2D eigenvalue weighted by molar-refractivity contribution is 0.138. The molecule has 3 heteroatoms. The summed E-state index contributed by atoms with van der Waals surface area (Å²) in [5.41, 5.74) is 2.83. The molecule has 0 amide bonds. The number of nitrogens with zero attached hydrogens (tertiary/aromatic N) is 2. The molecule has 0 N–H and O–H groups in total. The molecule has 2 nitrogen and oxygen atoms in total. The summed E-state index contributed by atoms with van der Waals surface area (Å²) >= 11 is 1.87. The summed E-state index contributed by atoms with van der Waals surface area (Å²) in [6.07, 6.45) is 5.79. The maximum Gasteiger partial charge on any atom is 0.101 e. The Bertz CT molecular complexity index is 585. The third-order valence-corrected chi connectivity index (χ3v) is 5.19. The van der Waals surface area contributed by atoms with Crippen LogP contribution in [-0.2, 0) is 6.54 Å². The number of hydrogen-bond acceptors (Lipinski definition) is 3. The molecule has 0 aliphatic carbocycles. The predicted molar refractivity (Wildman–Crippen MR) is 94.1 cm³/mol. The van der Waals surface area contributed by atoms with Crippen LogP contribution in [0.15, 0.2) is 53.7 Å². The summed E-state index contributed by atoms with van der Waals surface area (Å²) in [4.78, 5) is 7.26. The molecular formula is C19H24N2S. The molecule has 22 heavy (non-hydrogen) atoms. The van der Waals surface area contributed by atoms with Crippen molar-refractivity contribution in [1.29, 1.82) is 0 Å². The summed E-state index contributed by atoms with van der Waals surface area (Å²) in [5.74, 6) is 1.08. The lowest BCUT2D eigenvalue weighted by Gasteiger charge is -2.36. The normalized spacial score (nSPS) is 19.2. The maximum absolute atomic E-state index is 4.62. The van der Waals surface area contributed by atoms with Gasteiger partial charge in [-0.15, -0.1) is 11.8 Å². The van der Waals surface area contributed by atoms with Crippen molar-refractivity contribution in [2.45, 2.75) is 43.8 Å². The minimum atomic E-state index is 0.511. The summed E-state index contributed by atoms with van der Waals surface area (Å²) in [6, 6.07) is 15.7. The Labute approximate surface area is 138 Å². The second-order valence-corrected chi connectivity index (χ2v) is 7.05. The molecule has 2 heterocycles. The number of thioether (sulfide) groups is 1. The van der Waals surface area contributed by atoms with Gasteiger partial charge in [-0.3, -0.25) is 4.90 Å². The van der Waals surface area contributed by atoms with Crippen LogP contribution in [0.2, 0.25) is 0 Å². The van der Waals surface area contributed by atoms with Crippen molar-refractivity contribution in [2.24, 2.45) is 0 Å². The SMILES string of the molecule is CCSc1ncccc1[C@H]1CCCCN1Cc1ccccc1. The number of piperidine rings is 1. The zero-order valence-electron chi connectivity index (χ0n) is 13.2. The molecule has 1 aliphatic rings. The first-order valence-corrected chi connectivity index (χ1v) is 9.22. The van der Waals surface area contributed by atoms with Crippen molar-refractivity contribution in [3.05, 3.63) is 59.8 Å². The molecule has 0 unspecified atom stereocenters. The predicted octanol–water partition coefficient (Wildman–Crippen LogP) is 4.92. The highest BCUT2D eigenvalue weighted by Crippen LogP contribution is 2.36. The van der Waals surface area contributed by atoms with Gasteiger partial charge in [0.05, 0.1) is 0 Å². The van der Waals surface area contributed by atoms with Crippen LogP contribution in [0.3, 0.4) is 0 Å². The Morgan fingerprint density at radius 2 is 2.00 bits per heavy atom. The van der Waals surface area contributed by atoms with Crippen molar-refractivity contribution >= 4 is 11.8 Å². The zero-order chi connectivity index (χ0) is 15.2. The Balaban J connectivity index is 1.83. The molecule has 1 fully saturated rings. The second kappa shape index (κ2) is 7.80. The van der Waals surface area contributed by atoms with Gasteiger partial charge in [0.15, 0.2) is 0 Å². The summed E-state index contributed by atoms with van der Waals surface area (Å²) in [6.45, 7) is 4.42. The van der Waals surface area contributed by atoms with Crippen molar-refractivity contribution in [3.63, 3.8) is 0 Å². The number of pyridine rings is 1. The largest absolute Gasteiger partial charge is 0.292 e. The van der Waals surface area contributed by atoms with Gasteiger partial charge in [-0.05, 0) is 36.8 Å². The smallest absolute Gasteiger partial charge is 0.101 e. The molecule has 1 aromatic heterocycles. The molecule has 3 rings (SSSR count). The van der Waals surface area contributed by atoms with Crippen LogP contribution in [-0.4, -0.2) is 22.2 Å². The van der Waals surface area contributed by atoms with E-state index in [0.29, 0.717) is 6.04 Å². The molecule has 1 aliphatic heterocycles. The number of rotatable bonds is 5. The van der Waals surface area contributed by atoms with E-state index in [0.717, 1.165) is 12.3 Å². The number of likely N-dealkylation sites (tertiary alicyclic amines) is 1. The van der Waals surface area contributed by atoms with Gasteiger partial charge in [-0.25, -0.2) is 4.98 Å². The van der Waals surface area contributed by atoms with E-state index in [1.165, 1.54) is 42.0 Å². The second-order valence-electron chi connectivity index (χ2n) is 5.80. The van der Waals surface area contributed by atoms with Gasteiger partial charge < -0.3 is 0 Å². The summed E-state index contributed by atoms with van der Waals surface area (Å²) in [5, 5.41) is 1.22. The highest BCUT2D eigenvalue weighted by molar-refractivity contribution is 7.99. The standard InChI is InChI=1S/C19H24N2S/c1-2-22-19-17(11-8-13-20-19)18-12-6-7-14-21(18)15-16-9-4-3-5-10-16/h3-5,8-11,13,18H,2,6-7,12,14-15H2,1H3/t18-/m1/s1. The summed E-state index contributed by atoms with van der Waals surface area (Å²) in [7, 11) is 0. The van der Waals surface area contributed by atoms with Crippen LogP contribution in [0.4, 0.5) is 0 Å². The van der Waals surface area contributed by atoms with Gasteiger partial charge in [-0.2, -0.15) is 0 Å². The van der Waals surface area contributed by atoms with Gasteiger partial charge in [0, 0.05) is 24.3 Å². The first-order valence-electron chi connectivity index (χ1n) is 8.24. The van der Waals surface area contributed by atoms with E-state index >= 15 is 0 Å². The third kappa shape index (κ3) is 3.71. The minimum Gasteiger partial charge on any atom is -0.292 e. The van der Waals surface area contributed by atoms with Crippen LogP contribution in [0, 0.1) is 0 Å². The van der Waals surface area contributed by atoms with Crippen LogP contribution in [0.5, 0.6) is 0 Å². The topological polar surface area (TPSA) is 16.1 Å². The lowest BCUT2D eigenvalue weighted by atomic mass is 9.95. The van der Waals surface area contributed by atoms with Gasteiger partial charge in [0.2, 0.25) is 0 Å². The number of aromatic nitrogens is 1. The fraction of sp³-hybridized carbons (Fsp3) is 0.421. The Kier molecular flexibility index (Phi) is 5.52. The first-order chi connectivity index (χ1) is 10.9. The van der Waals surface area contributed by atoms with Crippen molar-refractivity contribution < 1.29 is 0 Å². The van der Waals surface area contributed by atoms with Crippen LogP contribution in [0.25, 0.3) is 0 Å². The first kappa shape index (κ1) is 15.6. The van der Waals surface area contributed by atoms with E-state index in [1.54, 1.807) is 0 Å². The molecular weight excluding hydrogens is 288 g/mol. The monoisotopic (exact) mass is 312 g/mol. The van der Waals surface area contributed by atoms with Crippen LogP contribution in [0.1, 0.15) is 43.4 Å². The van der Waals surface area contributed by atoms with E-state index in [9.17, 15) is 0 Å². The fourth-order valence-corrected chi connectivity index (χ4v) is 4.04. The van der Waals surface area contributed by atoms with E-state index in [4.69, 9.17) is 0 Å². The van der Waals surface area contributed by atoms with Crippen LogP contribution < -0.4 is 0 Å². The van der Waals surface area contributed by atoms with Crippen molar-refractivity contribution in [2.75, 3.05) is 12.3 Å². The van der Waals surface area contributed by atoms with E-state index in [2.05, 4.69) is 59.3 Å². The third-order valence-electron chi connectivity index (χ3n) is 4.28. The van der Waals surface area contributed by atoms with Gasteiger partial charge in [0.1, 0.15) is 5.03 Å². The molecule has 1 aromatic carbocycles. The van der Waals surface area contributed by atoms with Gasteiger partial charge in [-0.1, -0.05) is 49.7 Å². The maximum atomic E-state index is 4.62. The Morgan fingerprint density at radius 1 is 1.14 bits per heavy atom. The highest BCUT2D eigenvalue weighted by atomic mass is 32.2. The van der Waals surface area contributed by atoms with E-state index in [-0.39, 0.29) is 0 Å². The van der Waals surface area contributed by atoms with E-state index in [1.807, 2.05) is 18.0 Å². The molecule has 116 valence electrons. The Morgan fingerprint density at radius 3 is 2.82 bits per heavy atom. The van der Waals surface area contributed by atoms with Gasteiger partial charge >= 0.3 is 0 Å². The molecule has 1 saturated heterocycles. The van der Waals surface area contributed by atoms with Crippen molar-refractivity contribution in [3.8, 4) is 0 Å². The molecule has 0 bridgehead atoms. The average molecular weight is 312 g/mol. The molecule has 0 saturated carbocycles. The number of benzene rings is 1. The zero-order valence-corrected chi connectivity index (χ0v) is 14.1. The minimum absolute atomic E-state index is 0.511. The lowest BCUT2D eigenvalue weighted by Crippen LogP contribution is -2.33. The van der Waals surface area contributed by atoms with Gasteiger partial charge in [0.25, 0.3) is 0 Å². The average Bonchev–Trinajstić information content (AvgIpc) is 2.57. The van der Waals surface area contributed by atoms with Crippen molar-refractivity contribution in [1.82, 2.24) is 9.88 Å². The molecule has 0 spiro atoms. The Hall–Kier alpha value is -1.32. The fourth-order valence-electron chi connectivity index (χ4n) is 3.26. The molecule has 0 radical (unpaired) electrons. The quantitative estimate of drug-likeness (QED) is 0.729. The number of hydrogen-bond donors (Lipinski definition) is 0. The highest BCUT2D eigenvalue weighted by Gasteiger charge is 2.26. The molecule has 2 aromatic rings. The molecule has 1 atom stereocenters.